The Morgan fingerprint density at radius 1 is 1.09 bits per heavy atom. The average Bonchev–Trinajstić information content (AvgIpc) is 3.03. The Kier molecular flexibility index (Phi) is 4.08. The van der Waals surface area contributed by atoms with E-state index < -0.39 is 11.8 Å². The van der Waals surface area contributed by atoms with Gasteiger partial charge in [-0.05, 0) is 40.2 Å². The molecular formula is C15H11BrN2O3S. The van der Waals surface area contributed by atoms with Gasteiger partial charge in [-0.15, -0.1) is 11.3 Å². The zero-order valence-corrected chi connectivity index (χ0v) is 13.7. The first-order chi connectivity index (χ1) is 10.6. The number of amides is 3. The van der Waals surface area contributed by atoms with Crippen molar-refractivity contribution in [2.24, 2.45) is 0 Å². The first kappa shape index (κ1) is 14.9. The third-order valence-electron chi connectivity index (χ3n) is 3.27. The fourth-order valence-electron chi connectivity index (χ4n) is 2.21. The highest BCUT2D eigenvalue weighted by Crippen LogP contribution is 2.23. The van der Waals surface area contributed by atoms with Gasteiger partial charge in [-0.1, -0.05) is 12.1 Å². The Labute approximate surface area is 139 Å². The minimum Gasteiger partial charge on any atom is -0.350 e. The highest BCUT2D eigenvalue weighted by Gasteiger charge is 2.36. The minimum atomic E-state index is -0.422. The second kappa shape index (κ2) is 6.02. The first-order valence-electron chi connectivity index (χ1n) is 6.52. The van der Waals surface area contributed by atoms with Crippen LogP contribution < -0.4 is 5.32 Å². The SMILES string of the molecule is O=C(CN1C(=O)c2ccccc2C1=O)NCc1ccc(Br)s1. The molecule has 2 heterocycles. The number of carbonyl (C=O) groups excluding carboxylic acids is 3. The Morgan fingerprint density at radius 3 is 2.27 bits per heavy atom. The van der Waals surface area contributed by atoms with Crippen LogP contribution >= 0.6 is 27.3 Å². The van der Waals surface area contributed by atoms with Crippen LogP contribution in [0.25, 0.3) is 0 Å². The lowest BCUT2D eigenvalue weighted by molar-refractivity contribution is -0.121. The topological polar surface area (TPSA) is 66.5 Å². The Balaban J connectivity index is 1.63. The van der Waals surface area contributed by atoms with Crippen molar-refractivity contribution in [3.05, 3.63) is 56.2 Å². The second-order valence-corrected chi connectivity index (χ2v) is 7.27. The van der Waals surface area contributed by atoms with E-state index in [1.54, 1.807) is 24.3 Å². The molecule has 112 valence electrons. The summed E-state index contributed by atoms with van der Waals surface area (Å²) in [7, 11) is 0. The summed E-state index contributed by atoms with van der Waals surface area (Å²) in [5.74, 6) is -1.21. The Bertz CT molecular complexity index is 737. The van der Waals surface area contributed by atoms with E-state index in [1.807, 2.05) is 12.1 Å². The number of halogens is 1. The lowest BCUT2D eigenvalue weighted by Gasteiger charge is -2.13. The van der Waals surface area contributed by atoms with Gasteiger partial charge in [0.1, 0.15) is 6.54 Å². The molecule has 0 saturated carbocycles. The predicted octanol–water partition coefficient (Wildman–Crippen LogP) is 2.42. The molecule has 1 aliphatic rings. The lowest BCUT2D eigenvalue weighted by Crippen LogP contribution is -2.40. The molecule has 2 aromatic rings. The molecule has 0 radical (unpaired) electrons. The number of hydrogen-bond acceptors (Lipinski definition) is 4. The maximum Gasteiger partial charge on any atom is 0.262 e. The number of thiophene rings is 1. The monoisotopic (exact) mass is 378 g/mol. The van der Waals surface area contributed by atoms with Crippen LogP contribution in [-0.4, -0.2) is 29.2 Å². The van der Waals surface area contributed by atoms with E-state index in [9.17, 15) is 14.4 Å². The van der Waals surface area contributed by atoms with Crippen molar-refractivity contribution in [1.29, 1.82) is 0 Å². The fraction of sp³-hybridized carbons (Fsp3) is 0.133. The van der Waals surface area contributed by atoms with Crippen molar-refractivity contribution < 1.29 is 14.4 Å². The molecular weight excluding hydrogens is 368 g/mol. The average molecular weight is 379 g/mol. The number of nitrogens with zero attached hydrogens (tertiary/aromatic N) is 1. The third kappa shape index (κ3) is 2.82. The van der Waals surface area contributed by atoms with Crippen LogP contribution in [0.15, 0.2) is 40.2 Å². The maximum atomic E-state index is 12.1. The van der Waals surface area contributed by atoms with Crippen molar-refractivity contribution in [2.45, 2.75) is 6.54 Å². The van der Waals surface area contributed by atoms with Gasteiger partial charge in [0, 0.05) is 4.88 Å². The molecule has 5 nitrogen and oxygen atoms in total. The number of benzene rings is 1. The van der Waals surface area contributed by atoms with E-state index in [0.717, 1.165) is 13.6 Å². The van der Waals surface area contributed by atoms with Crippen molar-refractivity contribution in [1.82, 2.24) is 10.2 Å². The smallest absolute Gasteiger partial charge is 0.262 e. The molecule has 22 heavy (non-hydrogen) atoms. The van der Waals surface area contributed by atoms with E-state index >= 15 is 0 Å². The largest absolute Gasteiger partial charge is 0.350 e. The highest BCUT2D eigenvalue weighted by atomic mass is 79.9. The number of nitrogens with one attached hydrogen (secondary N) is 1. The van der Waals surface area contributed by atoms with Crippen LogP contribution in [-0.2, 0) is 11.3 Å². The van der Waals surface area contributed by atoms with Gasteiger partial charge in [0.25, 0.3) is 11.8 Å². The van der Waals surface area contributed by atoms with Gasteiger partial charge in [-0.3, -0.25) is 19.3 Å². The molecule has 0 atom stereocenters. The number of carbonyl (C=O) groups is 3. The van der Waals surface area contributed by atoms with Crippen LogP contribution in [0.5, 0.6) is 0 Å². The molecule has 0 saturated heterocycles. The van der Waals surface area contributed by atoms with E-state index in [4.69, 9.17) is 0 Å². The van der Waals surface area contributed by atoms with Crippen LogP contribution in [0.1, 0.15) is 25.6 Å². The molecule has 1 aliphatic heterocycles. The zero-order valence-electron chi connectivity index (χ0n) is 11.3. The Morgan fingerprint density at radius 2 is 1.73 bits per heavy atom. The molecule has 0 spiro atoms. The second-order valence-electron chi connectivity index (χ2n) is 4.72. The van der Waals surface area contributed by atoms with Crippen LogP contribution in [0.2, 0.25) is 0 Å². The molecule has 7 heteroatoms. The normalized spacial score (nSPS) is 13.4. The summed E-state index contributed by atoms with van der Waals surface area (Å²) in [6.45, 7) is 0.108. The van der Waals surface area contributed by atoms with Crippen LogP contribution in [0, 0.1) is 0 Å². The lowest BCUT2D eigenvalue weighted by atomic mass is 10.1. The number of rotatable bonds is 4. The number of fused-ring (bicyclic) bond motifs is 1. The van der Waals surface area contributed by atoms with E-state index in [0.29, 0.717) is 17.7 Å². The molecule has 1 aromatic heterocycles. The van der Waals surface area contributed by atoms with E-state index in [1.165, 1.54) is 11.3 Å². The molecule has 1 N–H and O–H groups in total. The van der Waals surface area contributed by atoms with Gasteiger partial charge in [-0.2, -0.15) is 0 Å². The van der Waals surface area contributed by atoms with Gasteiger partial charge in [0.05, 0.1) is 21.5 Å². The summed E-state index contributed by atoms with van der Waals surface area (Å²) in [5, 5.41) is 2.71. The van der Waals surface area contributed by atoms with E-state index in [-0.39, 0.29) is 12.5 Å². The van der Waals surface area contributed by atoms with Gasteiger partial charge in [-0.25, -0.2) is 0 Å². The molecule has 1 aromatic carbocycles. The Hall–Kier alpha value is -1.99. The maximum absolute atomic E-state index is 12.1. The van der Waals surface area contributed by atoms with Crippen LogP contribution in [0.3, 0.4) is 0 Å². The summed E-state index contributed by atoms with van der Waals surface area (Å²) in [6, 6.07) is 10.4. The third-order valence-corrected chi connectivity index (χ3v) is 4.89. The van der Waals surface area contributed by atoms with Crippen molar-refractivity contribution in [3.8, 4) is 0 Å². The molecule has 0 bridgehead atoms. The van der Waals surface area contributed by atoms with Crippen molar-refractivity contribution in [3.63, 3.8) is 0 Å². The summed E-state index contributed by atoms with van der Waals surface area (Å²) in [4.78, 5) is 38.2. The molecule has 0 aliphatic carbocycles. The van der Waals surface area contributed by atoms with Crippen LogP contribution in [0.4, 0.5) is 0 Å². The first-order valence-corrected chi connectivity index (χ1v) is 8.13. The van der Waals surface area contributed by atoms with Gasteiger partial charge >= 0.3 is 0 Å². The van der Waals surface area contributed by atoms with Crippen molar-refractivity contribution >= 4 is 45.0 Å². The van der Waals surface area contributed by atoms with Gasteiger partial charge in [0.2, 0.25) is 5.91 Å². The van der Waals surface area contributed by atoms with E-state index in [2.05, 4.69) is 21.2 Å². The zero-order chi connectivity index (χ0) is 15.7. The standard InChI is InChI=1S/C15H11BrN2O3S/c16-12-6-5-9(22-12)7-17-13(19)8-18-14(20)10-3-1-2-4-11(10)15(18)21/h1-6H,7-8H2,(H,17,19). The van der Waals surface area contributed by atoms with Gasteiger partial charge in [0.15, 0.2) is 0 Å². The fourth-order valence-corrected chi connectivity index (χ4v) is 3.64. The number of hydrogen-bond donors (Lipinski definition) is 1. The summed E-state index contributed by atoms with van der Waals surface area (Å²) in [6.07, 6.45) is 0. The number of imide groups is 1. The quantitative estimate of drug-likeness (QED) is 0.830. The summed E-state index contributed by atoms with van der Waals surface area (Å²) in [5.41, 5.74) is 0.699. The summed E-state index contributed by atoms with van der Waals surface area (Å²) >= 11 is 4.87. The summed E-state index contributed by atoms with van der Waals surface area (Å²) < 4.78 is 0.983. The molecule has 3 amide bonds. The molecule has 0 unspecified atom stereocenters. The minimum absolute atomic E-state index is 0.265. The predicted molar refractivity (Wildman–Crippen MR) is 85.7 cm³/mol. The van der Waals surface area contributed by atoms with Gasteiger partial charge < -0.3 is 5.32 Å². The highest BCUT2D eigenvalue weighted by molar-refractivity contribution is 9.11. The molecule has 0 fully saturated rings. The van der Waals surface area contributed by atoms with Crippen molar-refractivity contribution in [2.75, 3.05) is 6.54 Å². The molecule has 3 rings (SSSR count).